The van der Waals surface area contributed by atoms with Gasteiger partial charge in [0.1, 0.15) is 0 Å². The van der Waals surface area contributed by atoms with Gasteiger partial charge in [0.05, 0.1) is 13.2 Å². The van der Waals surface area contributed by atoms with Crippen LogP contribution in [0.5, 0.6) is 0 Å². The maximum Gasteiger partial charge on any atom is 0.162 e. The van der Waals surface area contributed by atoms with Crippen molar-refractivity contribution in [2.24, 2.45) is 28.6 Å². The summed E-state index contributed by atoms with van der Waals surface area (Å²) >= 11 is 0. The van der Waals surface area contributed by atoms with Crippen molar-refractivity contribution in [1.29, 1.82) is 0 Å². The van der Waals surface area contributed by atoms with E-state index >= 15 is 0 Å². The van der Waals surface area contributed by atoms with E-state index in [0.717, 1.165) is 31.0 Å². The van der Waals surface area contributed by atoms with E-state index in [-0.39, 0.29) is 5.79 Å². The largest absolute Gasteiger partial charge is 0.350 e. The average Bonchev–Trinajstić information content (AvgIpc) is 2.74. The molecule has 0 radical (unpaired) electrons. The Morgan fingerprint density at radius 2 is 1.53 bits per heavy atom. The summed E-state index contributed by atoms with van der Waals surface area (Å²) < 4.78 is 11.9. The van der Waals surface area contributed by atoms with Crippen molar-refractivity contribution in [3.05, 3.63) is 0 Å². The highest BCUT2D eigenvalue weighted by atomic mass is 16.7. The molecule has 17 heavy (non-hydrogen) atoms. The van der Waals surface area contributed by atoms with Crippen LogP contribution in [0, 0.1) is 28.6 Å². The van der Waals surface area contributed by atoms with E-state index in [1.807, 2.05) is 13.8 Å². The van der Waals surface area contributed by atoms with Gasteiger partial charge in [-0.05, 0) is 49.9 Å². The molecule has 0 amide bonds. The van der Waals surface area contributed by atoms with Crippen LogP contribution in [-0.4, -0.2) is 19.0 Å². The van der Waals surface area contributed by atoms with E-state index < -0.39 is 0 Å². The Balaban J connectivity index is 1.76. The Morgan fingerprint density at radius 3 is 2.12 bits per heavy atom. The molecule has 0 bridgehead atoms. The molecular weight excluding hydrogens is 212 g/mol. The number of hydrogen-bond acceptors (Lipinski definition) is 2. The van der Waals surface area contributed by atoms with E-state index in [2.05, 4.69) is 20.8 Å². The fourth-order valence-electron chi connectivity index (χ4n) is 4.12. The Bertz CT molecular complexity index is 322. The molecule has 0 aromatic carbocycles. The number of hydrogen-bond donors (Lipinski definition) is 0. The van der Waals surface area contributed by atoms with Crippen molar-refractivity contribution in [2.45, 2.75) is 53.2 Å². The molecule has 2 aliphatic carbocycles. The Kier molecular flexibility index (Phi) is 2.30. The van der Waals surface area contributed by atoms with Crippen LogP contribution in [0.1, 0.15) is 47.5 Å². The van der Waals surface area contributed by atoms with Gasteiger partial charge in [-0.3, -0.25) is 0 Å². The van der Waals surface area contributed by atoms with Gasteiger partial charge in [0.2, 0.25) is 0 Å². The molecule has 1 spiro atoms. The van der Waals surface area contributed by atoms with Gasteiger partial charge in [-0.2, -0.15) is 0 Å². The summed E-state index contributed by atoms with van der Waals surface area (Å²) in [6.45, 7) is 13.1. The van der Waals surface area contributed by atoms with Crippen molar-refractivity contribution >= 4 is 0 Å². The lowest BCUT2D eigenvalue weighted by Crippen LogP contribution is -2.51. The van der Waals surface area contributed by atoms with Gasteiger partial charge in [-0.1, -0.05) is 20.8 Å². The van der Waals surface area contributed by atoms with Gasteiger partial charge in [0.25, 0.3) is 0 Å². The molecule has 3 rings (SSSR count). The van der Waals surface area contributed by atoms with Gasteiger partial charge >= 0.3 is 0 Å². The third-order valence-electron chi connectivity index (χ3n) is 5.98. The first-order chi connectivity index (χ1) is 7.77. The molecule has 1 saturated heterocycles. The van der Waals surface area contributed by atoms with Crippen LogP contribution in [0.3, 0.4) is 0 Å². The summed E-state index contributed by atoms with van der Waals surface area (Å²) in [4.78, 5) is 0. The first-order valence-corrected chi connectivity index (χ1v) is 7.05. The number of rotatable bonds is 0. The lowest BCUT2D eigenvalue weighted by molar-refractivity contribution is -0.298. The normalized spacial score (nSPS) is 45.4. The first-order valence-electron chi connectivity index (χ1n) is 7.05. The SMILES string of the molecule is CC1CC2C(CC13COC(C)(C)OC3)C2(C)C. The minimum atomic E-state index is -0.374. The van der Waals surface area contributed by atoms with Gasteiger partial charge in [0, 0.05) is 5.41 Å². The molecule has 1 heterocycles. The summed E-state index contributed by atoms with van der Waals surface area (Å²) in [5.41, 5.74) is 0.870. The average molecular weight is 238 g/mol. The lowest BCUT2D eigenvalue weighted by Gasteiger charge is -2.48. The maximum absolute atomic E-state index is 5.94. The van der Waals surface area contributed by atoms with Crippen molar-refractivity contribution in [2.75, 3.05) is 13.2 Å². The van der Waals surface area contributed by atoms with E-state index in [4.69, 9.17) is 9.47 Å². The minimum absolute atomic E-state index is 0.296. The standard InChI is InChI=1S/C15H26O2/c1-10-6-11-12(13(11,2)3)7-15(10)8-16-14(4,5)17-9-15/h10-12H,6-9H2,1-5H3. The highest BCUT2D eigenvalue weighted by molar-refractivity contribution is 5.12. The molecule has 0 aromatic rings. The quantitative estimate of drug-likeness (QED) is 0.643. The summed E-state index contributed by atoms with van der Waals surface area (Å²) in [6.07, 6.45) is 2.67. The molecule has 3 atom stereocenters. The summed E-state index contributed by atoms with van der Waals surface area (Å²) in [5, 5.41) is 0. The van der Waals surface area contributed by atoms with Crippen molar-refractivity contribution in [3.8, 4) is 0 Å². The van der Waals surface area contributed by atoms with Crippen LogP contribution >= 0.6 is 0 Å². The zero-order chi connectivity index (χ0) is 12.5. The van der Waals surface area contributed by atoms with E-state index in [9.17, 15) is 0 Å². The van der Waals surface area contributed by atoms with Crippen molar-refractivity contribution < 1.29 is 9.47 Å². The minimum Gasteiger partial charge on any atom is -0.350 e. The molecular formula is C15H26O2. The zero-order valence-electron chi connectivity index (χ0n) is 11.9. The highest BCUT2D eigenvalue weighted by Gasteiger charge is 2.64. The number of fused-ring (bicyclic) bond motifs is 1. The maximum atomic E-state index is 5.94. The smallest absolute Gasteiger partial charge is 0.162 e. The van der Waals surface area contributed by atoms with Gasteiger partial charge < -0.3 is 9.47 Å². The molecule has 0 aromatic heterocycles. The Morgan fingerprint density at radius 1 is 0.941 bits per heavy atom. The predicted octanol–water partition coefficient (Wildman–Crippen LogP) is 3.46. The van der Waals surface area contributed by atoms with Gasteiger partial charge in [-0.15, -0.1) is 0 Å². The van der Waals surface area contributed by atoms with Crippen molar-refractivity contribution in [1.82, 2.24) is 0 Å². The van der Waals surface area contributed by atoms with Crippen LogP contribution in [0.2, 0.25) is 0 Å². The highest BCUT2D eigenvalue weighted by Crippen LogP contribution is 2.69. The second kappa shape index (κ2) is 3.27. The van der Waals surface area contributed by atoms with Crippen LogP contribution in [0.4, 0.5) is 0 Å². The molecule has 3 fully saturated rings. The molecule has 2 nitrogen and oxygen atoms in total. The summed E-state index contributed by atoms with van der Waals surface area (Å²) in [7, 11) is 0. The second-order valence-electron chi connectivity index (χ2n) is 7.71. The third kappa shape index (κ3) is 1.67. The van der Waals surface area contributed by atoms with Crippen LogP contribution in [0.25, 0.3) is 0 Å². The van der Waals surface area contributed by atoms with Crippen LogP contribution < -0.4 is 0 Å². The molecule has 0 N–H and O–H groups in total. The molecule has 2 saturated carbocycles. The summed E-state index contributed by atoms with van der Waals surface area (Å²) in [6, 6.07) is 0. The topological polar surface area (TPSA) is 18.5 Å². The Labute approximate surface area is 105 Å². The molecule has 3 aliphatic rings. The molecule has 1 aliphatic heterocycles. The predicted molar refractivity (Wildman–Crippen MR) is 67.6 cm³/mol. The molecule has 98 valence electrons. The fourth-order valence-corrected chi connectivity index (χ4v) is 4.12. The number of ether oxygens (including phenoxy) is 2. The Hall–Kier alpha value is -0.0800. The third-order valence-corrected chi connectivity index (χ3v) is 5.98. The van der Waals surface area contributed by atoms with Crippen LogP contribution in [-0.2, 0) is 9.47 Å². The van der Waals surface area contributed by atoms with E-state index in [1.165, 1.54) is 12.8 Å². The van der Waals surface area contributed by atoms with Gasteiger partial charge in [0.15, 0.2) is 5.79 Å². The fraction of sp³-hybridized carbons (Fsp3) is 1.00. The monoisotopic (exact) mass is 238 g/mol. The first kappa shape index (κ1) is 12.0. The van der Waals surface area contributed by atoms with Crippen molar-refractivity contribution in [3.63, 3.8) is 0 Å². The molecule has 2 heteroatoms. The lowest BCUT2D eigenvalue weighted by atomic mass is 9.67. The van der Waals surface area contributed by atoms with E-state index in [1.54, 1.807) is 0 Å². The van der Waals surface area contributed by atoms with Gasteiger partial charge in [-0.25, -0.2) is 0 Å². The van der Waals surface area contributed by atoms with E-state index in [0.29, 0.717) is 10.8 Å². The van der Waals surface area contributed by atoms with Crippen LogP contribution in [0.15, 0.2) is 0 Å². The summed E-state index contributed by atoms with van der Waals surface area (Å²) in [5.74, 6) is 2.23. The molecule has 3 unspecified atom stereocenters. The second-order valence-corrected chi connectivity index (χ2v) is 7.71. The zero-order valence-corrected chi connectivity index (χ0v) is 11.9.